The van der Waals surface area contributed by atoms with Crippen molar-refractivity contribution in [3.05, 3.63) is 12.2 Å². The minimum atomic E-state index is -0.920. The Hall–Kier alpha value is -1.02. The summed E-state index contributed by atoms with van der Waals surface area (Å²) in [5.41, 5.74) is -1.41. The van der Waals surface area contributed by atoms with Crippen molar-refractivity contribution >= 4 is 33.5 Å². The molecule has 0 radical (unpaired) electrons. The minimum Gasteiger partial charge on any atom is -0.481 e. The molecule has 2 fully saturated rings. The standard InChI is InChI=1S/C26H44O6S2/c1-25(2,23(27)28)17-7-5-9-19-11-13-21(33(19)31)15-16-22-14-12-20(34(22)32)10-6-8-18-26(3,4)24(29)30/h15-16,19-22H,5-14,17-18H2,1-4H3,(H,27,28)(H,29,30)/b16-15-. The van der Waals surface area contributed by atoms with Crippen LogP contribution in [0.5, 0.6) is 0 Å². The maximum atomic E-state index is 12.9. The monoisotopic (exact) mass is 516 g/mol. The van der Waals surface area contributed by atoms with Crippen LogP contribution in [0.1, 0.15) is 105 Å². The Morgan fingerprint density at radius 2 is 1.06 bits per heavy atom. The quantitative estimate of drug-likeness (QED) is 0.235. The molecule has 6 unspecified atom stereocenters. The molecule has 8 heteroatoms. The molecule has 6 nitrogen and oxygen atoms in total. The molecule has 0 spiro atoms. The average Bonchev–Trinajstić information content (AvgIpc) is 3.29. The van der Waals surface area contributed by atoms with Crippen molar-refractivity contribution < 1.29 is 28.2 Å². The second kappa shape index (κ2) is 12.8. The summed E-state index contributed by atoms with van der Waals surface area (Å²) in [7, 11) is -1.84. The van der Waals surface area contributed by atoms with E-state index >= 15 is 0 Å². The van der Waals surface area contributed by atoms with Crippen LogP contribution in [0, 0.1) is 10.8 Å². The third-order valence-electron chi connectivity index (χ3n) is 7.65. The fraction of sp³-hybridized carbons (Fsp3) is 0.846. The summed E-state index contributed by atoms with van der Waals surface area (Å²) in [5, 5.41) is 18.9. The van der Waals surface area contributed by atoms with Crippen molar-refractivity contribution in [3.63, 3.8) is 0 Å². The molecule has 0 amide bonds. The van der Waals surface area contributed by atoms with Crippen LogP contribution in [-0.2, 0) is 31.2 Å². The SMILES string of the molecule is CC(C)(CCCCC1CCC(/C=C\C2CCC(CCCCC(C)(C)C(=O)O)S2=O)S1=O)C(=O)O. The number of carbonyl (C=O) groups is 2. The van der Waals surface area contributed by atoms with Gasteiger partial charge in [0.05, 0.1) is 21.3 Å². The van der Waals surface area contributed by atoms with Crippen LogP contribution in [0.2, 0.25) is 0 Å². The number of aliphatic carboxylic acids is 2. The van der Waals surface area contributed by atoms with Gasteiger partial charge in [-0.3, -0.25) is 18.0 Å². The Morgan fingerprint density at radius 1 is 0.706 bits per heavy atom. The lowest BCUT2D eigenvalue weighted by atomic mass is 9.87. The third kappa shape index (κ3) is 8.28. The van der Waals surface area contributed by atoms with Crippen LogP contribution in [0.3, 0.4) is 0 Å². The molecule has 6 atom stereocenters. The number of carboxylic acid groups (broad SMARTS) is 2. The normalized spacial score (nSPS) is 30.2. The fourth-order valence-corrected chi connectivity index (χ4v) is 8.62. The number of hydrogen-bond donors (Lipinski definition) is 2. The van der Waals surface area contributed by atoms with Gasteiger partial charge in [-0.2, -0.15) is 0 Å². The van der Waals surface area contributed by atoms with Crippen molar-refractivity contribution in [1.82, 2.24) is 0 Å². The van der Waals surface area contributed by atoms with E-state index in [9.17, 15) is 28.2 Å². The minimum absolute atomic E-state index is 0.0368. The number of carboxylic acids is 2. The lowest BCUT2D eigenvalue weighted by Crippen LogP contribution is -2.23. The van der Waals surface area contributed by atoms with Crippen molar-refractivity contribution in [2.75, 3.05) is 0 Å². The Balaban J connectivity index is 1.71. The number of unbranched alkanes of at least 4 members (excludes halogenated alkanes) is 2. The molecule has 2 aliphatic rings. The predicted molar refractivity (Wildman–Crippen MR) is 139 cm³/mol. The van der Waals surface area contributed by atoms with Crippen molar-refractivity contribution in [2.24, 2.45) is 10.8 Å². The molecule has 0 aliphatic carbocycles. The molecule has 2 aliphatic heterocycles. The molecular formula is C26H44O6S2. The molecule has 0 bridgehead atoms. The van der Waals surface area contributed by atoms with E-state index in [4.69, 9.17) is 0 Å². The van der Waals surface area contributed by atoms with Gasteiger partial charge in [0.25, 0.3) is 0 Å². The summed E-state index contributed by atoms with van der Waals surface area (Å²) in [5.74, 6) is -1.54. The van der Waals surface area contributed by atoms with E-state index in [1.807, 2.05) is 12.2 Å². The van der Waals surface area contributed by atoms with Crippen molar-refractivity contribution in [2.45, 2.75) is 126 Å². The summed E-state index contributed by atoms with van der Waals surface area (Å²) in [6, 6.07) is 0. The Morgan fingerprint density at radius 3 is 1.38 bits per heavy atom. The van der Waals surface area contributed by atoms with Gasteiger partial charge in [-0.15, -0.1) is 0 Å². The van der Waals surface area contributed by atoms with Crippen LogP contribution >= 0.6 is 0 Å². The van der Waals surface area contributed by atoms with E-state index in [-0.39, 0.29) is 21.0 Å². The Labute approximate surface area is 210 Å². The largest absolute Gasteiger partial charge is 0.481 e. The van der Waals surface area contributed by atoms with Gasteiger partial charge in [0.1, 0.15) is 0 Å². The van der Waals surface area contributed by atoms with Gasteiger partial charge in [0, 0.05) is 32.1 Å². The first-order valence-electron chi connectivity index (χ1n) is 12.8. The highest BCUT2D eigenvalue weighted by molar-refractivity contribution is 7.87. The predicted octanol–water partition coefficient (Wildman–Crippen LogP) is 5.44. The van der Waals surface area contributed by atoms with Crippen LogP contribution in [0.15, 0.2) is 12.2 Å². The van der Waals surface area contributed by atoms with Crippen LogP contribution in [-0.4, -0.2) is 51.6 Å². The molecule has 0 aromatic heterocycles. The molecular weight excluding hydrogens is 472 g/mol. The lowest BCUT2D eigenvalue weighted by molar-refractivity contribution is -0.148. The number of hydrogen-bond acceptors (Lipinski definition) is 4. The molecule has 0 aromatic rings. The average molecular weight is 517 g/mol. The van der Waals surface area contributed by atoms with E-state index in [1.165, 1.54) is 0 Å². The van der Waals surface area contributed by atoms with Gasteiger partial charge < -0.3 is 10.2 Å². The smallest absolute Gasteiger partial charge is 0.309 e. The lowest BCUT2D eigenvalue weighted by Gasteiger charge is -2.19. The topological polar surface area (TPSA) is 109 Å². The Kier molecular flexibility index (Phi) is 11.0. The molecule has 196 valence electrons. The van der Waals surface area contributed by atoms with Crippen molar-refractivity contribution in [3.8, 4) is 0 Å². The van der Waals surface area contributed by atoms with Gasteiger partial charge in [0.15, 0.2) is 0 Å². The molecule has 2 heterocycles. The van der Waals surface area contributed by atoms with E-state index < -0.39 is 44.4 Å². The highest BCUT2D eigenvalue weighted by Gasteiger charge is 2.34. The third-order valence-corrected chi connectivity index (χ3v) is 11.9. The zero-order chi connectivity index (χ0) is 25.5. The van der Waals surface area contributed by atoms with Gasteiger partial charge in [-0.25, -0.2) is 0 Å². The van der Waals surface area contributed by atoms with E-state index in [0.717, 1.165) is 64.2 Å². The highest BCUT2D eigenvalue weighted by atomic mass is 32.2. The molecule has 2 rings (SSSR count). The second-order valence-corrected chi connectivity index (χ2v) is 15.2. The summed E-state index contributed by atoms with van der Waals surface area (Å²) in [6.07, 6.45) is 14.3. The first-order chi connectivity index (χ1) is 15.8. The fourth-order valence-electron chi connectivity index (χ4n) is 4.87. The zero-order valence-electron chi connectivity index (χ0n) is 21.3. The number of rotatable bonds is 14. The second-order valence-electron chi connectivity index (χ2n) is 11.4. The van der Waals surface area contributed by atoms with Gasteiger partial charge in [-0.1, -0.05) is 37.8 Å². The van der Waals surface area contributed by atoms with E-state index in [0.29, 0.717) is 12.8 Å². The van der Waals surface area contributed by atoms with Gasteiger partial charge >= 0.3 is 11.9 Å². The molecule has 0 saturated carbocycles. The summed E-state index contributed by atoms with van der Waals surface area (Å²) < 4.78 is 25.8. The van der Waals surface area contributed by atoms with Crippen LogP contribution in [0.4, 0.5) is 0 Å². The summed E-state index contributed by atoms with van der Waals surface area (Å²) >= 11 is 0. The van der Waals surface area contributed by atoms with Gasteiger partial charge in [-0.05, 0) is 79.1 Å². The Bertz CT molecular complexity index is 724. The van der Waals surface area contributed by atoms with E-state index in [2.05, 4.69) is 0 Å². The van der Waals surface area contributed by atoms with Crippen molar-refractivity contribution in [1.29, 1.82) is 0 Å². The van der Waals surface area contributed by atoms with Crippen LogP contribution < -0.4 is 0 Å². The summed E-state index contributed by atoms with van der Waals surface area (Å²) in [4.78, 5) is 22.4. The molecule has 34 heavy (non-hydrogen) atoms. The molecule has 2 saturated heterocycles. The first kappa shape index (κ1) is 29.2. The zero-order valence-corrected chi connectivity index (χ0v) is 22.9. The first-order valence-corrected chi connectivity index (χ1v) is 15.3. The van der Waals surface area contributed by atoms with Gasteiger partial charge in [0.2, 0.25) is 0 Å². The summed E-state index contributed by atoms with van der Waals surface area (Å²) in [6.45, 7) is 7.01. The van der Waals surface area contributed by atoms with Crippen LogP contribution in [0.25, 0.3) is 0 Å². The maximum Gasteiger partial charge on any atom is 0.309 e. The molecule has 2 N–H and O–H groups in total. The maximum absolute atomic E-state index is 12.9. The van der Waals surface area contributed by atoms with E-state index in [1.54, 1.807) is 27.7 Å². The highest BCUT2D eigenvalue weighted by Crippen LogP contribution is 2.33. The molecule has 0 aromatic carbocycles.